The molecule has 0 saturated carbocycles. The first-order valence-electron chi connectivity index (χ1n) is 11.3. The van der Waals surface area contributed by atoms with Gasteiger partial charge in [0.25, 0.3) is 5.91 Å². The van der Waals surface area contributed by atoms with E-state index in [1.165, 1.54) is 5.56 Å². The number of carbonyl (C=O) groups is 1. The van der Waals surface area contributed by atoms with Crippen molar-refractivity contribution in [3.8, 4) is 28.3 Å². The number of benzene rings is 3. The highest BCUT2D eigenvalue weighted by Gasteiger charge is 2.16. The summed E-state index contributed by atoms with van der Waals surface area (Å²) >= 11 is 0. The largest absolute Gasteiger partial charge is 0.493 e. The van der Waals surface area contributed by atoms with E-state index in [9.17, 15) is 4.79 Å². The summed E-state index contributed by atoms with van der Waals surface area (Å²) in [6, 6.07) is 24.1. The smallest absolute Gasteiger partial charge is 0.270 e. The Hall–Kier alpha value is -4.06. The zero-order valence-corrected chi connectivity index (χ0v) is 19.7. The van der Waals surface area contributed by atoms with E-state index in [2.05, 4.69) is 22.4 Å². The molecule has 0 radical (unpaired) electrons. The molecule has 0 fully saturated rings. The summed E-state index contributed by atoms with van der Waals surface area (Å²) in [7, 11) is 3.24. The number of carbonyl (C=O) groups excluding carboxylic acids is 1. The van der Waals surface area contributed by atoms with Gasteiger partial charge in [0.2, 0.25) is 0 Å². The second-order valence-electron chi connectivity index (χ2n) is 8.17. The lowest BCUT2D eigenvalue weighted by Crippen LogP contribution is -2.34. The number of hydrogen-bond donors (Lipinski definition) is 1. The first kappa shape index (κ1) is 23.1. The van der Waals surface area contributed by atoms with E-state index < -0.39 is 0 Å². The standard InChI is InChI=1S/C28H29N3O3/c1-20(12-13-21-8-5-4-6-9-21)30-28(32)25-18-29-19-31(25)24-11-7-10-22(16-24)23-14-15-26(33-2)27(17-23)34-3/h4-11,14-20H,12-13H2,1-3H3,(H,30,32)/t20-/m1/s1. The van der Waals surface area contributed by atoms with Crippen LogP contribution in [0.5, 0.6) is 11.5 Å². The maximum atomic E-state index is 13.0. The molecule has 1 aromatic heterocycles. The Bertz CT molecular complexity index is 1250. The summed E-state index contributed by atoms with van der Waals surface area (Å²) < 4.78 is 12.6. The van der Waals surface area contributed by atoms with Crippen molar-refractivity contribution in [2.24, 2.45) is 0 Å². The molecule has 1 atom stereocenters. The Kier molecular flexibility index (Phi) is 7.28. The molecule has 1 heterocycles. The van der Waals surface area contributed by atoms with Gasteiger partial charge in [-0.1, -0.05) is 48.5 Å². The molecule has 6 nitrogen and oxygen atoms in total. The number of nitrogens with one attached hydrogen (secondary N) is 1. The zero-order chi connectivity index (χ0) is 23.9. The molecule has 0 saturated heterocycles. The Balaban J connectivity index is 1.50. The van der Waals surface area contributed by atoms with Crippen molar-refractivity contribution in [2.45, 2.75) is 25.8 Å². The Morgan fingerprint density at radius 1 is 0.941 bits per heavy atom. The maximum Gasteiger partial charge on any atom is 0.270 e. The third kappa shape index (κ3) is 5.29. The average Bonchev–Trinajstić information content (AvgIpc) is 3.38. The minimum atomic E-state index is -0.144. The van der Waals surface area contributed by atoms with Gasteiger partial charge in [-0.2, -0.15) is 0 Å². The molecule has 1 amide bonds. The molecule has 1 N–H and O–H groups in total. The Morgan fingerprint density at radius 2 is 1.71 bits per heavy atom. The third-order valence-electron chi connectivity index (χ3n) is 5.80. The van der Waals surface area contributed by atoms with Gasteiger partial charge in [0.15, 0.2) is 11.5 Å². The second-order valence-corrected chi connectivity index (χ2v) is 8.17. The minimum absolute atomic E-state index is 0.0363. The van der Waals surface area contributed by atoms with E-state index in [0.29, 0.717) is 17.2 Å². The fourth-order valence-electron chi connectivity index (χ4n) is 3.92. The van der Waals surface area contributed by atoms with Crippen LogP contribution in [0.2, 0.25) is 0 Å². The van der Waals surface area contributed by atoms with Crippen molar-refractivity contribution in [1.29, 1.82) is 0 Å². The van der Waals surface area contributed by atoms with Crippen LogP contribution in [-0.2, 0) is 6.42 Å². The summed E-state index contributed by atoms with van der Waals surface area (Å²) in [6.07, 6.45) is 5.03. The number of amides is 1. The van der Waals surface area contributed by atoms with E-state index in [0.717, 1.165) is 29.7 Å². The van der Waals surface area contributed by atoms with E-state index in [4.69, 9.17) is 9.47 Å². The predicted molar refractivity (Wildman–Crippen MR) is 134 cm³/mol. The van der Waals surface area contributed by atoms with Gasteiger partial charge < -0.3 is 14.8 Å². The molecule has 4 rings (SSSR count). The van der Waals surface area contributed by atoms with Crippen LogP contribution < -0.4 is 14.8 Å². The van der Waals surface area contributed by atoms with Crippen molar-refractivity contribution in [3.63, 3.8) is 0 Å². The molecular formula is C28H29N3O3. The van der Waals surface area contributed by atoms with Gasteiger partial charge in [0, 0.05) is 11.7 Å². The minimum Gasteiger partial charge on any atom is -0.493 e. The van der Waals surface area contributed by atoms with Crippen LogP contribution >= 0.6 is 0 Å². The van der Waals surface area contributed by atoms with Crippen LogP contribution in [0.4, 0.5) is 0 Å². The lowest BCUT2D eigenvalue weighted by molar-refractivity contribution is 0.0931. The van der Waals surface area contributed by atoms with Gasteiger partial charge >= 0.3 is 0 Å². The van der Waals surface area contributed by atoms with Crippen molar-refractivity contribution >= 4 is 5.91 Å². The molecular weight excluding hydrogens is 426 g/mol. The first-order chi connectivity index (χ1) is 16.6. The summed E-state index contributed by atoms with van der Waals surface area (Å²) in [4.78, 5) is 17.3. The van der Waals surface area contributed by atoms with Crippen LogP contribution in [0, 0.1) is 0 Å². The molecule has 0 bridgehead atoms. The highest BCUT2D eigenvalue weighted by Crippen LogP contribution is 2.33. The van der Waals surface area contributed by atoms with Gasteiger partial charge in [-0.3, -0.25) is 9.36 Å². The highest BCUT2D eigenvalue weighted by atomic mass is 16.5. The fourth-order valence-corrected chi connectivity index (χ4v) is 3.92. The van der Waals surface area contributed by atoms with Crippen molar-refractivity contribution in [1.82, 2.24) is 14.9 Å². The quantitative estimate of drug-likeness (QED) is 0.372. The van der Waals surface area contributed by atoms with Crippen LogP contribution in [0.3, 0.4) is 0 Å². The molecule has 3 aromatic carbocycles. The fraction of sp³-hybridized carbons (Fsp3) is 0.214. The monoisotopic (exact) mass is 455 g/mol. The van der Waals surface area contributed by atoms with Crippen LogP contribution in [0.1, 0.15) is 29.4 Å². The Labute approximate surface area is 200 Å². The van der Waals surface area contributed by atoms with Gasteiger partial charge in [0.1, 0.15) is 5.69 Å². The third-order valence-corrected chi connectivity index (χ3v) is 5.80. The lowest BCUT2D eigenvalue weighted by Gasteiger charge is -2.15. The number of aryl methyl sites for hydroxylation is 1. The topological polar surface area (TPSA) is 65.4 Å². The van der Waals surface area contributed by atoms with E-state index in [1.54, 1.807) is 26.7 Å². The number of hydrogen-bond acceptors (Lipinski definition) is 4. The summed E-state index contributed by atoms with van der Waals surface area (Å²) in [6.45, 7) is 2.03. The number of ether oxygens (including phenoxy) is 2. The number of aromatic nitrogens is 2. The van der Waals surface area contributed by atoms with Crippen LogP contribution in [0.15, 0.2) is 85.3 Å². The molecule has 174 valence electrons. The van der Waals surface area contributed by atoms with E-state index in [1.807, 2.05) is 72.2 Å². The average molecular weight is 456 g/mol. The van der Waals surface area contributed by atoms with Crippen molar-refractivity contribution in [2.75, 3.05) is 14.2 Å². The normalized spacial score (nSPS) is 11.6. The molecule has 4 aromatic rings. The van der Waals surface area contributed by atoms with E-state index in [-0.39, 0.29) is 11.9 Å². The van der Waals surface area contributed by atoms with Crippen LogP contribution in [0.25, 0.3) is 16.8 Å². The van der Waals surface area contributed by atoms with Crippen molar-refractivity contribution < 1.29 is 14.3 Å². The Morgan fingerprint density at radius 3 is 2.47 bits per heavy atom. The summed E-state index contributed by atoms with van der Waals surface area (Å²) in [5, 5.41) is 3.11. The molecule has 0 aliphatic carbocycles. The molecule has 6 heteroatoms. The molecule has 0 aliphatic heterocycles. The van der Waals surface area contributed by atoms with Gasteiger partial charge in [0.05, 0.1) is 26.7 Å². The predicted octanol–water partition coefficient (Wildman–Crippen LogP) is 5.31. The van der Waals surface area contributed by atoms with Crippen LogP contribution in [-0.4, -0.2) is 35.7 Å². The number of imidazole rings is 1. The summed E-state index contributed by atoms with van der Waals surface area (Å²) in [5.41, 5.74) is 4.60. The van der Waals surface area contributed by atoms with Gasteiger partial charge in [-0.15, -0.1) is 0 Å². The molecule has 0 unspecified atom stereocenters. The highest BCUT2D eigenvalue weighted by molar-refractivity contribution is 5.93. The van der Waals surface area contributed by atoms with E-state index >= 15 is 0 Å². The van der Waals surface area contributed by atoms with Gasteiger partial charge in [-0.25, -0.2) is 4.98 Å². The maximum absolute atomic E-state index is 13.0. The first-order valence-corrected chi connectivity index (χ1v) is 11.3. The number of methoxy groups -OCH3 is 2. The van der Waals surface area contributed by atoms with Gasteiger partial charge in [-0.05, 0) is 60.7 Å². The molecule has 34 heavy (non-hydrogen) atoms. The lowest BCUT2D eigenvalue weighted by atomic mass is 10.0. The SMILES string of the molecule is COc1ccc(-c2cccc(-n3cncc3C(=O)N[C@H](C)CCc3ccccc3)c2)cc1OC. The zero-order valence-electron chi connectivity index (χ0n) is 19.7. The molecule has 0 aliphatic rings. The van der Waals surface area contributed by atoms with Crippen molar-refractivity contribution in [3.05, 3.63) is 96.6 Å². The second kappa shape index (κ2) is 10.7. The summed E-state index contributed by atoms with van der Waals surface area (Å²) in [5.74, 6) is 1.20. The number of nitrogens with zero attached hydrogens (tertiary/aromatic N) is 2. The number of rotatable bonds is 9. The molecule has 0 spiro atoms.